The topological polar surface area (TPSA) is 87.3 Å². The lowest BCUT2D eigenvalue weighted by Gasteiger charge is -2.11. The fourth-order valence-corrected chi connectivity index (χ4v) is 2.91. The van der Waals surface area contributed by atoms with E-state index in [-0.39, 0.29) is 17.7 Å². The first-order chi connectivity index (χ1) is 14.1. The fraction of sp³-hybridized carbons (Fsp3) is 0.348. The zero-order valence-electron chi connectivity index (χ0n) is 16.9. The molecule has 2 aromatic carbocycles. The zero-order valence-corrected chi connectivity index (χ0v) is 16.9. The molecule has 0 heterocycles. The number of hydrogen-bond donors (Lipinski definition) is 3. The number of carbonyl (C=O) groups is 3. The molecule has 3 amide bonds. The molecule has 0 aliphatic heterocycles. The van der Waals surface area contributed by atoms with Gasteiger partial charge in [-0.15, -0.1) is 0 Å². The van der Waals surface area contributed by atoms with Gasteiger partial charge in [0.05, 0.1) is 11.3 Å². The van der Waals surface area contributed by atoms with E-state index >= 15 is 0 Å². The highest BCUT2D eigenvalue weighted by atomic mass is 16.2. The van der Waals surface area contributed by atoms with Gasteiger partial charge in [0.2, 0.25) is 11.8 Å². The maximum absolute atomic E-state index is 12.5. The third-order valence-electron chi connectivity index (χ3n) is 4.44. The highest BCUT2D eigenvalue weighted by molar-refractivity contribution is 6.03. The monoisotopic (exact) mass is 395 g/mol. The molecule has 0 aromatic heterocycles. The number of unbranched alkanes of at least 4 members (excludes halogenated alkanes) is 2. The molecule has 0 atom stereocenters. The van der Waals surface area contributed by atoms with Gasteiger partial charge >= 0.3 is 0 Å². The van der Waals surface area contributed by atoms with Gasteiger partial charge in [0.25, 0.3) is 5.91 Å². The Hall–Kier alpha value is -3.15. The van der Waals surface area contributed by atoms with Crippen molar-refractivity contribution in [2.24, 2.45) is 0 Å². The van der Waals surface area contributed by atoms with Crippen LogP contribution in [0.5, 0.6) is 0 Å². The molecular weight excluding hydrogens is 366 g/mol. The van der Waals surface area contributed by atoms with Crippen molar-refractivity contribution in [3.8, 4) is 0 Å². The quantitative estimate of drug-likeness (QED) is 0.510. The minimum Gasteiger partial charge on any atom is -0.356 e. The minimum absolute atomic E-state index is 0.0404. The summed E-state index contributed by atoms with van der Waals surface area (Å²) in [6.45, 7) is 2.64. The van der Waals surface area contributed by atoms with Gasteiger partial charge in [-0.05, 0) is 37.0 Å². The van der Waals surface area contributed by atoms with Crippen molar-refractivity contribution in [3.63, 3.8) is 0 Å². The SMILES string of the molecule is CC(=O)NCCCCCC(=O)Nc1ccccc1C(=O)NCCc1ccccc1. The van der Waals surface area contributed by atoms with E-state index in [1.807, 2.05) is 30.3 Å². The molecule has 2 aromatic rings. The van der Waals surface area contributed by atoms with Crippen LogP contribution < -0.4 is 16.0 Å². The van der Waals surface area contributed by atoms with Crippen molar-refractivity contribution < 1.29 is 14.4 Å². The number of carbonyl (C=O) groups excluding carboxylic acids is 3. The Morgan fingerprint density at radius 3 is 2.28 bits per heavy atom. The smallest absolute Gasteiger partial charge is 0.253 e. The Bertz CT molecular complexity index is 806. The van der Waals surface area contributed by atoms with Crippen LogP contribution in [-0.2, 0) is 16.0 Å². The number of nitrogens with one attached hydrogen (secondary N) is 3. The molecule has 0 fully saturated rings. The Labute approximate surface area is 172 Å². The van der Waals surface area contributed by atoms with Gasteiger partial charge in [-0.1, -0.05) is 48.9 Å². The van der Waals surface area contributed by atoms with Gasteiger partial charge in [-0.25, -0.2) is 0 Å². The van der Waals surface area contributed by atoms with Gasteiger partial charge in [-0.3, -0.25) is 14.4 Å². The van der Waals surface area contributed by atoms with E-state index in [9.17, 15) is 14.4 Å². The molecule has 0 saturated carbocycles. The Morgan fingerprint density at radius 1 is 0.793 bits per heavy atom. The molecule has 0 unspecified atom stereocenters. The largest absolute Gasteiger partial charge is 0.356 e. The molecule has 6 heteroatoms. The summed E-state index contributed by atoms with van der Waals surface area (Å²) >= 11 is 0. The van der Waals surface area contributed by atoms with E-state index < -0.39 is 0 Å². The first kappa shape index (κ1) is 22.1. The van der Waals surface area contributed by atoms with Crippen molar-refractivity contribution in [2.45, 2.75) is 39.0 Å². The van der Waals surface area contributed by atoms with E-state index in [4.69, 9.17) is 0 Å². The number of para-hydroxylation sites is 1. The number of hydrogen-bond acceptors (Lipinski definition) is 3. The predicted octanol–water partition coefficient (Wildman–Crippen LogP) is 3.29. The molecule has 0 radical (unpaired) electrons. The summed E-state index contributed by atoms with van der Waals surface area (Å²) in [5, 5.41) is 8.49. The molecule has 2 rings (SSSR count). The van der Waals surface area contributed by atoms with E-state index in [2.05, 4.69) is 16.0 Å². The molecule has 154 valence electrons. The minimum atomic E-state index is -0.202. The average molecular weight is 396 g/mol. The van der Waals surface area contributed by atoms with Crippen LogP contribution in [0.2, 0.25) is 0 Å². The molecule has 0 aliphatic rings. The third kappa shape index (κ3) is 8.60. The summed E-state index contributed by atoms with van der Waals surface area (Å²) in [5.74, 6) is -0.359. The summed E-state index contributed by atoms with van der Waals surface area (Å²) < 4.78 is 0. The number of benzene rings is 2. The first-order valence-electron chi connectivity index (χ1n) is 10.0. The van der Waals surface area contributed by atoms with E-state index in [0.717, 1.165) is 31.2 Å². The van der Waals surface area contributed by atoms with Gasteiger partial charge in [0, 0.05) is 26.4 Å². The molecule has 0 aliphatic carbocycles. The fourth-order valence-electron chi connectivity index (χ4n) is 2.91. The van der Waals surface area contributed by atoms with Crippen LogP contribution >= 0.6 is 0 Å². The normalized spacial score (nSPS) is 10.2. The second kappa shape index (κ2) is 12.3. The Morgan fingerprint density at radius 2 is 1.52 bits per heavy atom. The summed E-state index contributed by atoms with van der Waals surface area (Å²) in [7, 11) is 0. The van der Waals surface area contributed by atoms with Crippen LogP contribution in [-0.4, -0.2) is 30.8 Å². The summed E-state index contributed by atoms with van der Waals surface area (Å²) in [6.07, 6.45) is 3.56. The predicted molar refractivity (Wildman–Crippen MR) is 115 cm³/mol. The molecule has 0 spiro atoms. The Balaban J connectivity index is 1.77. The molecule has 3 N–H and O–H groups in total. The molecule has 0 bridgehead atoms. The van der Waals surface area contributed by atoms with Crippen LogP contribution in [0.3, 0.4) is 0 Å². The maximum Gasteiger partial charge on any atom is 0.253 e. The van der Waals surface area contributed by atoms with Crippen molar-refractivity contribution in [1.29, 1.82) is 0 Å². The van der Waals surface area contributed by atoms with Crippen molar-refractivity contribution in [2.75, 3.05) is 18.4 Å². The number of anilines is 1. The van der Waals surface area contributed by atoms with Gasteiger partial charge in [-0.2, -0.15) is 0 Å². The van der Waals surface area contributed by atoms with Gasteiger partial charge in [0.15, 0.2) is 0 Å². The van der Waals surface area contributed by atoms with Crippen LogP contribution in [0.1, 0.15) is 48.5 Å². The average Bonchev–Trinajstić information content (AvgIpc) is 2.71. The molecule has 6 nitrogen and oxygen atoms in total. The van der Waals surface area contributed by atoms with Gasteiger partial charge < -0.3 is 16.0 Å². The molecule has 0 saturated heterocycles. The maximum atomic E-state index is 12.5. The Kier molecular flexibility index (Phi) is 9.42. The second-order valence-electron chi connectivity index (χ2n) is 6.88. The molecule has 29 heavy (non-hydrogen) atoms. The summed E-state index contributed by atoms with van der Waals surface area (Å²) in [4.78, 5) is 35.5. The lowest BCUT2D eigenvalue weighted by Crippen LogP contribution is -2.27. The highest BCUT2D eigenvalue weighted by Gasteiger charge is 2.12. The number of amides is 3. The van der Waals surface area contributed by atoms with Gasteiger partial charge in [0.1, 0.15) is 0 Å². The van der Waals surface area contributed by atoms with Crippen LogP contribution in [0.15, 0.2) is 54.6 Å². The second-order valence-corrected chi connectivity index (χ2v) is 6.88. The van der Waals surface area contributed by atoms with E-state index in [1.165, 1.54) is 6.92 Å². The standard InChI is InChI=1S/C23H29N3O3/c1-18(27)24-16-9-3-6-14-22(28)26-21-13-8-7-12-20(21)23(29)25-17-15-19-10-4-2-5-11-19/h2,4-5,7-8,10-13H,3,6,9,14-17H2,1H3,(H,24,27)(H,25,29)(H,26,28). The highest BCUT2D eigenvalue weighted by Crippen LogP contribution is 2.16. The summed E-state index contributed by atoms with van der Waals surface area (Å²) in [6, 6.07) is 17.0. The van der Waals surface area contributed by atoms with Crippen molar-refractivity contribution >= 4 is 23.4 Å². The van der Waals surface area contributed by atoms with E-state index in [1.54, 1.807) is 24.3 Å². The van der Waals surface area contributed by atoms with Crippen molar-refractivity contribution in [1.82, 2.24) is 10.6 Å². The zero-order chi connectivity index (χ0) is 20.9. The molecular formula is C23H29N3O3. The van der Waals surface area contributed by atoms with Crippen LogP contribution in [0.4, 0.5) is 5.69 Å². The summed E-state index contributed by atoms with van der Waals surface area (Å²) in [5.41, 5.74) is 2.14. The lowest BCUT2D eigenvalue weighted by molar-refractivity contribution is -0.119. The van der Waals surface area contributed by atoms with E-state index in [0.29, 0.717) is 30.8 Å². The lowest BCUT2D eigenvalue weighted by atomic mass is 10.1. The number of rotatable bonds is 11. The third-order valence-corrected chi connectivity index (χ3v) is 4.44. The van der Waals surface area contributed by atoms with Crippen LogP contribution in [0, 0.1) is 0 Å². The van der Waals surface area contributed by atoms with Crippen LogP contribution in [0.25, 0.3) is 0 Å². The van der Waals surface area contributed by atoms with Crippen molar-refractivity contribution in [3.05, 3.63) is 65.7 Å². The first-order valence-corrected chi connectivity index (χ1v) is 10.0.